The Morgan fingerprint density at radius 1 is 1.08 bits per heavy atom. The number of pyridine rings is 1. The second kappa shape index (κ2) is 8.83. The first kappa shape index (κ1) is 17.7. The van der Waals surface area contributed by atoms with E-state index in [1.807, 2.05) is 54.6 Å². The Balaban J connectivity index is 1.53. The number of carbonyl (C=O) groups excluding carboxylic acids is 1. The Kier molecular flexibility index (Phi) is 6.01. The fraction of sp³-hybridized carbons (Fsp3) is 0.0476. The van der Waals surface area contributed by atoms with Crippen molar-refractivity contribution in [2.24, 2.45) is 0 Å². The SMILES string of the molecule is O=C(/C=C/c1ccc(OCc2ccccc2)cc1)Nc1cc(Cl)ccn1. The monoisotopic (exact) mass is 364 g/mol. The first-order chi connectivity index (χ1) is 12.7. The van der Waals surface area contributed by atoms with Crippen LogP contribution in [0, 0.1) is 0 Å². The number of halogens is 1. The molecular formula is C21H17ClN2O2. The minimum atomic E-state index is -0.274. The largest absolute Gasteiger partial charge is 0.489 e. The van der Waals surface area contributed by atoms with Crippen molar-refractivity contribution in [3.8, 4) is 5.75 Å². The fourth-order valence-electron chi connectivity index (χ4n) is 2.23. The van der Waals surface area contributed by atoms with Crippen LogP contribution in [0.3, 0.4) is 0 Å². The highest BCUT2D eigenvalue weighted by atomic mass is 35.5. The van der Waals surface area contributed by atoms with Crippen molar-refractivity contribution >= 4 is 29.4 Å². The number of anilines is 1. The molecule has 0 unspecified atom stereocenters. The molecule has 3 aromatic rings. The minimum absolute atomic E-state index is 0.274. The van der Waals surface area contributed by atoms with Crippen molar-refractivity contribution in [1.82, 2.24) is 4.98 Å². The molecule has 2 aromatic carbocycles. The highest BCUT2D eigenvalue weighted by Gasteiger charge is 2.00. The lowest BCUT2D eigenvalue weighted by Crippen LogP contribution is -2.08. The zero-order valence-corrected chi connectivity index (χ0v) is 14.7. The van der Waals surface area contributed by atoms with Crippen LogP contribution in [0.25, 0.3) is 6.08 Å². The molecule has 0 aliphatic carbocycles. The van der Waals surface area contributed by atoms with Crippen LogP contribution in [0.1, 0.15) is 11.1 Å². The lowest BCUT2D eigenvalue weighted by molar-refractivity contribution is -0.111. The Labute approximate surface area is 157 Å². The summed E-state index contributed by atoms with van der Waals surface area (Å²) >= 11 is 5.86. The molecule has 130 valence electrons. The topological polar surface area (TPSA) is 51.2 Å². The molecule has 0 spiro atoms. The maximum Gasteiger partial charge on any atom is 0.249 e. The van der Waals surface area contributed by atoms with Gasteiger partial charge in [0.1, 0.15) is 18.2 Å². The van der Waals surface area contributed by atoms with Gasteiger partial charge in [-0.1, -0.05) is 54.1 Å². The molecular weight excluding hydrogens is 348 g/mol. The van der Waals surface area contributed by atoms with Crippen molar-refractivity contribution in [3.63, 3.8) is 0 Å². The van der Waals surface area contributed by atoms with Gasteiger partial charge in [-0.3, -0.25) is 4.79 Å². The van der Waals surface area contributed by atoms with E-state index in [9.17, 15) is 4.79 Å². The summed E-state index contributed by atoms with van der Waals surface area (Å²) in [6.07, 6.45) is 4.71. The molecule has 0 aliphatic heterocycles. The zero-order valence-electron chi connectivity index (χ0n) is 13.9. The number of nitrogens with zero attached hydrogens (tertiary/aromatic N) is 1. The van der Waals surface area contributed by atoms with Crippen molar-refractivity contribution in [3.05, 3.63) is 95.2 Å². The molecule has 3 rings (SSSR count). The lowest BCUT2D eigenvalue weighted by atomic mass is 10.2. The predicted octanol–water partition coefficient (Wildman–Crippen LogP) is 4.97. The average molecular weight is 365 g/mol. The van der Waals surface area contributed by atoms with E-state index in [1.54, 1.807) is 18.2 Å². The maximum atomic E-state index is 11.9. The summed E-state index contributed by atoms with van der Waals surface area (Å²) in [6, 6.07) is 20.7. The van der Waals surface area contributed by atoms with E-state index in [0.717, 1.165) is 16.9 Å². The molecule has 26 heavy (non-hydrogen) atoms. The van der Waals surface area contributed by atoms with E-state index in [4.69, 9.17) is 16.3 Å². The number of rotatable bonds is 6. The molecule has 1 amide bonds. The maximum absolute atomic E-state index is 11.9. The van der Waals surface area contributed by atoms with Crippen LogP contribution in [0.2, 0.25) is 5.02 Å². The van der Waals surface area contributed by atoms with Gasteiger partial charge in [-0.25, -0.2) is 4.98 Å². The first-order valence-corrected chi connectivity index (χ1v) is 8.44. The normalized spacial score (nSPS) is 10.7. The Morgan fingerprint density at radius 3 is 2.58 bits per heavy atom. The smallest absolute Gasteiger partial charge is 0.249 e. The standard InChI is InChI=1S/C21H17ClN2O2/c22-18-12-13-23-20(14-18)24-21(25)11-8-16-6-9-19(10-7-16)26-15-17-4-2-1-3-5-17/h1-14H,15H2,(H,23,24,25)/b11-8+. The minimum Gasteiger partial charge on any atom is -0.489 e. The Hall–Kier alpha value is -3.11. The van der Waals surface area contributed by atoms with E-state index in [-0.39, 0.29) is 5.91 Å². The van der Waals surface area contributed by atoms with Crippen molar-refractivity contribution in [1.29, 1.82) is 0 Å². The van der Waals surface area contributed by atoms with E-state index < -0.39 is 0 Å². The molecule has 0 saturated heterocycles. The van der Waals surface area contributed by atoms with Crippen LogP contribution in [-0.4, -0.2) is 10.9 Å². The molecule has 4 nitrogen and oxygen atoms in total. The van der Waals surface area contributed by atoms with Crippen LogP contribution >= 0.6 is 11.6 Å². The average Bonchev–Trinajstić information content (AvgIpc) is 2.66. The van der Waals surface area contributed by atoms with Crippen LogP contribution in [0.15, 0.2) is 79.0 Å². The summed E-state index contributed by atoms with van der Waals surface area (Å²) in [4.78, 5) is 15.9. The molecule has 1 aromatic heterocycles. The first-order valence-electron chi connectivity index (χ1n) is 8.06. The number of nitrogens with one attached hydrogen (secondary N) is 1. The van der Waals surface area contributed by atoms with E-state index in [2.05, 4.69) is 10.3 Å². The quantitative estimate of drug-likeness (QED) is 0.628. The molecule has 0 bridgehead atoms. The highest BCUT2D eigenvalue weighted by Crippen LogP contribution is 2.15. The fourth-order valence-corrected chi connectivity index (χ4v) is 2.39. The van der Waals surface area contributed by atoms with Gasteiger partial charge in [0, 0.05) is 17.3 Å². The number of carbonyl (C=O) groups is 1. The lowest BCUT2D eigenvalue weighted by Gasteiger charge is -2.06. The highest BCUT2D eigenvalue weighted by molar-refractivity contribution is 6.30. The number of amides is 1. The van der Waals surface area contributed by atoms with Gasteiger partial charge in [-0.05, 0) is 41.5 Å². The third kappa shape index (κ3) is 5.46. The van der Waals surface area contributed by atoms with Gasteiger partial charge in [0.25, 0.3) is 0 Å². The van der Waals surface area contributed by atoms with Gasteiger partial charge >= 0.3 is 0 Å². The van der Waals surface area contributed by atoms with E-state index >= 15 is 0 Å². The van der Waals surface area contributed by atoms with Crippen LogP contribution in [0.5, 0.6) is 5.75 Å². The van der Waals surface area contributed by atoms with Gasteiger partial charge in [0.2, 0.25) is 5.91 Å². The summed E-state index contributed by atoms with van der Waals surface area (Å²) in [6.45, 7) is 0.519. The second-order valence-electron chi connectivity index (χ2n) is 5.53. The molecule has 0 aliphatic rings. The number of ether oxygens (including phenoxy) is 1. The molecule has 1 N–H and O–H groups in total. The van der Waals surface area contributed by atoms with Gasteiger partial charge < -0.3 is 10.1 Å². The van der Waals surface area contributed by atoms with Gasteiger partial charge in [0.15, 0.2) is 0 Å². The number of benzene rings is 2. The summed E-state index contributed by atoms with van der Waals surface area (Å²) in [7, 11) is 0. The Bertz CT molecular complexity index is 893. The van der Waals surface area contributed by atoms with Crippen LogP contribution < -0.4 is 10.1 Å². The molecule has 0 radical (unpaired) electrons. The molecule has 1 heterocycles. The summed E-state index contributed by atoms with van der Waals surface area (Å²) < 4.78 is 5.74. The van der Waals surface area contributed by atoms with Gasteiger partial charge in [0.05, 0.1) is 0 Å². The number of aromatic nitrogens is 1. The molecule has 5 heteroatoms. The van der Waals surface area contributed by atoms with Crippen molar-refractivity contribution < 1.29 is 9.53 Å². The Morgan fingerprint density at radius 2 is 1.85 bits per heavy atom. The van der Waals surface area contributed by atoms with Crippen molar-refractivity contribution in [2.75, 3.05) is 5.32 Å². The number of hydrogen-bond acceptors (Lipinski definition) is 3. The van der Waals surface area contributed by atoms with Gasteiger partial charge in [-0.15, -0.1) is 0 Å². The third-order valence-electron chi connectivity index (χ3n) is 3.53. The van der Waals surface area contributed by atoms with Crippen LogP contribution in [-0.2, 0) is 11.4 Å². The van der Waals surface area contributed by atoms with Crippen LogP contribution in [0.4, 0.5) is 5.82 Å². The van der Waals surface area contributed by atoms with Crippen molar-refractivity contribution in [2.45, 2.75) is 6.61 Å². The molecule has 0 fully saturated rings. The molecule has 0 saturated carbocycles. The van der Waals surface area contributed by atoms with Gasteiger partial charge in [-0.2, -0.15) is 0 Å². The van der Waals surface area contributed by atoms with E-state index in [0.29, 0.717) is 17.4 Å². The summed E-state index contributed by atoms with van der Waals surface area (Å²) in [5, 5.41) is 3.18. The molecule has 0 atom stereocenters. The number of hydrogen-bond donors (Lipinski definition) is 1. The summed E-state index contributed by atoms with van der Waals surface area (Å²) in [5.74, 6) is 0.916. The second-order valence-corrected chi connectivity index (χ2v) is 5.96. The predicted molar refractivity (Wildman–Crippen MR) is 104 cm³/mol. The van der Waals surface area contributed by atoms with E-state index in [1.165, 1.54) is 12.3 Å². The summed E-state index contributed by atoms with van der Waals surface area (Å²) in [5.41, 5.74) is 2.01. The zero-order chi connectivity index (χ0) is 18.2. The third-order valence-corrected chi connectivity index (χ3v) is 3.76.